The van der Waals surface area contributed by atoms with Gasteiger partial charge in [0.1, 0.15) is 23.5 Å². The fourth-order valence-electron chi connectivity index (χ4n) is 3.00. The van der Waals surface area contributed by atoms with Gasteiger partial charge in [-0.1, -0.05) is 0 Å². The number of furan rings is 1. The molecule has 130 valence electrons. The number of ether oxygens (including phenoxy) is 1. The molecule has 3 rings (SSSR count). The van der Waals surface area contributed by atoms with Gasteiger partial charge in [0, 0.05) is 24.7 Å². The summed E-state index contributed by atoms with van der Waals surface area (Å²) in [6.07, 6.45) is 1.10. The number of rotatable bonds is 5. The number of aliphatic hydroxyl groups is 1. The van der Waals surface area contributed by atoms with Gasteiger partial charge in [-0.2, -0.15) is 5.26 Å². The Morgan fingerprint density at radius 2 is 2.32 bits per heavy atom. The minimum absolute atomic E-state index is 0.0133. The van der Waals surface area contributed by atoms with Gasteiger partial charge in [-0.15, -0.1) is 0 Å². The van der Waals surface area contributed by atoms with Crippen LogP contribution in [0.4, 0.5) is 11.4 Å². The molecule has 0 saturated carbocycles. The van der Waals surface area contributed by atoms with Crippen molar-refractivity contribution < 1.29 is 19.2 Å². The SMILES string of the molecule is N#Cc1cc(N2CCOC[C@@H]2C[C@H](O)c2ccco2)ccc1[N+](=O)[O-]. The molecule has 1 aliphatic heterocycles. The summed E-state index contributed by atoms with van der Waals surface area (Å²) in [7, 11) is 0. The van der Waals surface area contributed by atoms with Crippen molar-refractivity contribution in [2.45, 2.75) is 18.6 Å². The summed E-state index contributed by atoms with van der Waals surface area (Å²) in [5.41, 5.74) is 0.494. The lowest BCUT2D eigenvalue weighted by atomic mass is 10.0. The summed E-state index contributed by atoms with van der Waals surface area (Å²) >= 11 is 0. The summed E-state index contributed by atoms with van der Waals surface area (Å²) < 4.78 is 10.7. The van der Waals surface area contributed by atoms with E-state index in [2.05, 4.69) is 0 Å². The number of nitro benzene ring substituents is 1. The van der Waals surface area contributed by atoms with Gasteiger partial charge < -0.3 is 19.2 Å². The molecule has 0 amide bonds. The minimum Gasteiger partial charge on any atom is -0.467 e. The smallest absolute Gasteiger partial charge is 0.287 e. The molecule has 2 aromatic rings. The highest BCUT2D eigenvalue weighted by atomic mass is 16.6. The van der Waals surface area contributed by atoms with Crippen LogP contribution in [0.15, 0.2) is 41.0 Å². The van der Waals surface area contributed by atoms with Gasteiger partial charge >= 0.3 is 0 Å². The molecule has 1 fully saturated rings. The Hall–Kier alpha value is -2.89. The highest BCUT2D eigenvalue weighted by Gasteiger charge is 2.28. The van der Waals surface area contributed by atoms with Crippen molar-refractivity contribution in [2.24, 2.45) is 0 Å². The fourth-order valence-corrected chi connectivity index (χ4v) is 3.00. The summed E-state index contributed by atoms with van der Waals surface area (Å²) in [4.78, 5) is 12.4. The molecule has 8 heteroatoms. The number of nitro groups is 1. The number of aliphatic hydroxyl groups excluding tert-OH is 1. The van der Waals surface area contributed by atoms with E-state index in [1.165, 1.54) is 18.4 Å². The molecule has 1 N–H and O–H groups in total. The number of anilines is 1. The van der Waals surface area contributed by atoms with E-state index in [1.807, 2.05) is 11.0 Å². The van der Waals surface area contributed by atoms with Crippen LogP contribution >= 0.6 is 0 Å². The maximum Gasteiger partial charge on any atom is 0.287 e. The van der Waals surface area contributed by atoms with Gasteiger partial charge in [-0.05, 0) is 24.3 Å². The van der Waals surface area contributed by atoms with Crippen LogP contribution in [0, 0.1) is 21.4 Å². The van der Waals surface area contributed by atoms with Crippen molar-refractivity contribution >= 4 is 11.4 Å². The molecule has 1 aromatic heterocycles. The summed E-state index contributed by atoms with van der Waals surface area (Å²) in [6.45, 7) is 1.49. The molecular formula is C17H17N3O5. The van der Waals surface area contributed by atoms with Crippen molar-refractivity contribution in [3.8, 4) is 6.07 Å². The molecule has 2 heterocycles. The lowest BCUT2D eigenvalue weighted by Gasteiger charge is -2.38. The standard InChI is InChI=1S/C17H17N3O5/c18-10-12-8-13(3-4-15(12)20(22)23)19-5-7-24-11-14(19)9-16(21)17-2-1-6-25-17/h1-4,6,8,14,16,21H,5,7,9,11H2/t14-,16-/m0/s1. The Morgan fingerprint density at radius 3 is 3.00 bits per heavy atom. The number of nitriles is 1. The van der Waals surface area contributed by atoms with Gasteiger partial charge in [0.25, 0.3) is 5.69 Å². The van der Waals surface area contributed by atoms with Crippen LogP contribution in [0.2, 0.25) is 0 Å². The van der Waals surface area contributed by atoms with Crippen molar-refractivity contribution in [2.75, 3.05) is 24.7 Å². The zero-order valence-electron chi connectivity index (χ0n) is 13.4. The lowest BCUT2D eigenvalue weighted by Crippen LogP contribution is -2.46. The molecule has 8 nitrogen and oxygen atoms in total. The van der Waals surface area contributed by atoms with E-state index in [0.717, 1.165) is 0 Å². The maximum atomic E-state index is 11.0. The number of hydrogen-bond acceptors (Lipinski definition) is 7. The van der Waals surface area contributed by atoms with Gasteiger partial charge in [-0.25, -0.2) is 0 Å². The number of nitrogens with zero attached hydrogens (tertiary/aromatic N) is 3. The third-order valence-corrected chi connectivity index (χ3v) is 4.22. The van der Waals surface area contributed by atoms with E-state index in [4.69, 9.17) is 9.15 Å². The first-order chi connectivity index (χ1) is 12.1. The predicted octanol–water partition coefficient (Wildman–Crippen LogP) is 2.39. The lowest BCUT2D eigenvalue weighted by molar-refractivity contribution is -0.385. The van der Waals surface area contributed by atoms with Gasteiger partial charge in [0.15, 0.2) is 0 Å². The topological polar surface area (TPSA) is 113 Å². The van der Waals surface area contributed by atoms with Crippen LogP contribution in [0.5, 0.6) is 0 Å². The van der Waals surface area contributed by atoms with Crippen LogP contribution < -0.4 is 4.90 Å². The molecule has 0 spiro atoms. The Morgan fingerprint density at radius 1 is 1.48 bits per heavy atom. The molecule has 0 bridgehead atoms. The molecule has 1 aromatic carbocycles. The molecule has 0 unspecified atom stereocenters. The average molecular weight is 343 g/mol. The molecule has 1 saturated heterocycles. The van der Waals surface area contributed by atoms with Gasteiger partial charge in [0.05, 0.1) is 30.4 Å². The largest absolute Gasteiger partial charge is 0.467 e. The number of benzene rings is 1. The minimum atomic E-state index is -0.780. The monoisotopic (exact) mass is 343 g/mol. The zero-order chi connectivity index (χ0) is 17.8. The molecule has 25 heavy (non-hydrogen) atoms. The molecule has 0 aliphatic carbocycles. The quantitative estimate of drug-likeness (QED) is 0.655. The summed E-state index contributed by atoms with van der Waals surface area (Å²) in [5, 5.41) is 30.5. The average Bonchev–Trinajstić information content (AvgIpc) is 3.16. The summed E-state index contributed by atoms with van der Waals surface area (Å²) in [6, 6.07) is 9.62. The third kappa shape index (κ3) is 3.63. The van der Waals surface area contributed by atoms with Crippen LogP contribution in [0.25, 0.3) is 0 Å². The van der Waals surface area contributed by atoms with Gasteiger partial charge in [0.2, 0.25) is 0 Å². The predicted molar refractivity (Wildman–Crippen MR) is 88.0 cm³/mol. The van der Waals surface area contributed by atoms with Crippen molar-refractivity contribution in [1.29, 1.82) is 5.26 Å². The number of hydrogen-bond donors (Lipinski definition) is 1. The molecular weight excluding hydrogens is 326 g/mol. The van der Waals surface area contributed by atoms with Crippen LogP contribution in [0.3, 0.4) is 0 Å². The fraction of sp³-hybridized carbons (Fsp3) is 0.353. The van der Waals surface area contributed by atoms with Gasteiger partial charge in [-0.3, -0.25) is 10.1 Å². The highest BCUT2D eigenvalue weighted by Crippen LogP contribution is 2.30. The Kier molecular flexibility index (Phi) is 4.97. The normalized spacial score (nSPS) is 18.6. The second kappa shape index (κ2) is 7.34. The zero-order valence-corrected chi connectivity index (χ0v) is 13.4. The first kappa shape index (κ1) is 17.0. The second-order valence-corrected chi connectivity index (χ2v) is 5.76. The molecule has 1 aliphatic rings. The van der Waals surface area contributed by atoms with E-state index in [9.17, 15) is 20.5 Å². The number of morpholine rings is 1. The van der Waals surface area contributed by atoms with E-state index in [-0.39, 0.29) is 17.3 Å². The van der Waals surface area contributed by atoms with Crippen LogP contribution in [-0.2, 0) is 4.74 Å². The van der Waals surface area contributed by atoms with E-state index in [1.54, 1.807) is 18.2 Å². The van der Waals surface area contributed by atoms with E-state index in [0.29, 0.717) is 37.6 Å². The van der Waals surface area contributed by atoms with Crippen molar-refractivity contribution in [3.05, 3.63) is 58.0 Å². The van der Waals surface area contributed by atoms with Crippen LogP contribution in [-0.4, -0.2) is 35.8 Å². The third-order valence-electron chi connectivity index (χ3n) is 4.22. The van der Waals surface area contributed by atoms with Crippen molar-refractivity contribution in [1.82, 2.24) is 0 Å². The Labute approximate surface area is 144 Å². The van der Waals surface area contributed by atoms with Crippen LogP contribution in [0.1, 0.15) is 23.8 Å². The Bertz CT molecular complexity index is 784. The molecule has 0 radical (unpaired) electrons. The first-order valence-electron chi connectivity index (χ1n) is 7.84. The Balaban J connectivity index is 1.83. The maximum absolute atomic E-state index is 11.0. The summed E-state index contributed by atoms with van der Waals surface area (Å²) in [5.74, 6) is 0.479. The van der Waals surface area contributed by atoms with Crippen molar-refractivity contribution in [3.63, 3.8) is 0 Å². The van der Waals surface area contributed by atoms with E-state index < -0.39 is 11.0 Å². The first-order valence-corrected chi connectivity index (χ1v) is 7.84. The highest BCUT2D eigenvalue weighted by molar-refractivity contribution is 5.60. The molecule has 2 atom stereocenters. The second-order valence-electron chi connectivity index (χ2n) is 5.76. The van der Waals surface area contributed by atoms with E-state index >= 15 is 0 Å².